The molecule has 0 bridgehead atoms. The Kier molecular flexibility index (Phi) is 6.18. The molecule has 0 aliphatic carbocycles. The number of rotatable bonds is 3. The standard InChI is InChI=1S/C22H25ClFN7O2S/c1-21(12-34(33)22(2,20(26)31-21)7-3-4-8-28-34)18-15(24)5-6-16(29-18)30-19(32)17-14(23)9-13(10-25)11-27-17/h5-6,9,11,34H,3-4,7-8,12H2,1-2H3,(H2,26,31)(H,28,33)(H,29,30,32). The molecule has 2 atom stereocenters. The van der Waals surface area contributed by atoms with Gasteiger partial charge in [0.1, 0.15) is 40.5 Å². The van der Waals surface area contributed by atoms with E-state index in [1.165, 1.54) is 18.3 Å². The van der Waals surface area contributed by atoms with Crippen molar-refractivity contribution < 1.29 is 13.4 Å². The van der Waals surface area contributed by atoms with Crippen molar-refractivity contribution in [3.63, 3.8) is 0 Å². The van der Waals surface area contributed by atoms with Gasteiger partial charge in [-0.15, -0.1) is 0 Å². The molecule has 2 aromatic rings. The fourth-order valence-electron chi connectivity index (χ4n) is 4.47. The Labute approximate surface area is 202 Å². The van der Waals surface area contributed by atoms with Crippen LogP contribution in [0, 0.1) is 17.1 Å². The Bertz CT molecular complexity index is 1300. The van der Waals surface area contributed by atoms with Crippen LogP contribution in [-0.4, -0.2) is 43.0 Å². The molecular weight excluding hydrogens is 481 g/mol. The Morgan fingerprint density at radius 3 is 2.85 bits per heavy atom. The maximum Gasteiger partial charge on any atom is 0.276 e. The van der Waals surface area contributed by atoms with Crippen molar-refractivity contribution in [2.75, 3.05) is 17.6 Å². The van der Waals surface area contributed by atoms with Crippen LogP contribution in [0.15, 0.2) is 29.4 Å². The Hall–Kier alpha value is -2.94. The first-order valence-corrected chi connectivity index (χ1v) is 13.0. The molecule has 0 saturated carbocycles. The number of aromatic nitrogens is 2. The minimum atomic E-state index is -3.09. The normalized spacial score (nSPS) is 26.9. The van der Waals surface area contributed by atoms with E-state index >= 15 is 0 Å². The van der Waals surface area contributed by atoms with Crippen molar-refractivity contribution in [1.29, 1.82) is 5.26 Å². The van der Waals surface area contributed by atoms with Gasteiger partial charge in [0.2, 0.25) is 0 Å². The van der Waals surface area contributed by atoms with Crippen LogP contribution < -0.4 is 15.8 Å². The number of nitrogens with two attached hydrogens (primary N) is 1. The van der Waals surface area contributed by atoms with Gasteiger partial charge in [0.25, 0.3) is 5.91 Å². The molecule has 2 unspecified atom stereocenters. The summed E-state index contributed by atoms with van der Waals surface area (Å²) in [5.41, 5.74) is 5.07. The molecule has 0 spiro atoms. The zero-order valence-corrected chi connectivity index (χ0v) is 20.4. The summed E-state index contributed by atoms with van der Waals surface area (Å²) in [6.07, 6.45) is 3.58. The predicted molar refractivity (Wildman–Crippen MR) is 130 cm³/mol. The van der Waals surface area contributed by atoms with E-state index in [1.54, 1.807) is 6.92 Å². The number of amides is 1. The molecule has 2 aliphatic rings. The third kappa shape index (κ3) is 4.06. The van der Waals surface area contributed by atoms with E-state index in [2.05, 4.69) is 25.0 Å². The average Bonchev–Trinajstić information content (AvgIpc) is 2.93. The summed E-state index contributed by atoms with van der Waals surface area (Å²) < 4.78 is 31.5. The number of carbonyl (C=O) groups excluding carboxylic acids is 1. The summed E-state index contributed by atoms with van der Waals surface area (Å²) in [6.45, 7) is 4.07. The molecule has 0 radical (unpaired) electrons. The molecule has 12 heteroatoms. The van der Waals surface area contributed by atoms with Crippen LogP contribution in [-0.2, 0) is 15.7 Å². The van der Waals surface area contributed by atoms with E-state index in [9.17, 15) is 13.4 Å². The molecule has 1 amide bonds. The van der Waals surface area contributed by atoms with Crippen LogP contribution >= 0.6 is 11.6 Å². The lowest BCUT2D eigenvalue weighted by Crippen LogP contribution is -2.64. The van der Waals surface area contributed by atoms with E-state index in [4.69, 9.17) is 22.6 Å². The van der Waals surface area contributed by atoms with Gasteiger partial charge in [-0.25, -0.2) is 14.4 Å². The van der Waals surface area contributed by atoms with Crippen LogP contribution in [0.5, 0.6) is 0 Å². The first-order chi connectivity index (χ1) is 16.0. The number of amidine groups is 1. The quantitative estimate of drug-likeness (QED) is 0.471. The summed E-state index contributed by atoms with van der Waals surface area (Å²) in [6, 6.07) is 5.66. The number of aliphatic imine (C=N–C) groups is 1. The number of nitrogens with zero attached hydrogens (tertiary/aromatic N) is 4. The molecule has 2 aliphatic heterocycles. The van der Waals surface area contributed by atoms with E-state index < -0.39 is 32.1 Å². The van der Waals surface area contributed by atoms with Crippen molar-refractivity contribution in [3.05, 3.63) is 52.2 Å². The Balaban J connectivity index is 1.69. The number of fused-ring (bicyclic) bond motifs is 1. The summed E-state index contributed by atoms with van der Waals surface area (Å²) in [5.74, 6) is -1.04. The van der Waals surface area contributed by atoms with Crippen molar-refractivity contribution >= 4 is 39.3 Å². The number of anilines is 1. The van der Waals surface area contributed by atoms with E-state index in [0.717, 1.165) is 18.9 Å². The molecule has 4 heterocycles. The minimum Gasteiger partial charge on any atom is -0.386 e. The molecule has 9 nitrogen and oxygen atoms in total. The van der Waals surface area contributed by atoms with Crippen molar-refractivity contribution in [2.24, 2.45) is 10.7 Å². The highest BCUT2D eigenvalue weighted by Crippen LogP contribution is 2.43. The third-order valence-corrected chi connectivity index (χ3v) is 10.6. The summed E-state index contributed by atoms with van der Waals surface area (Å²) in [5, 5.41) is 11.5. The van der Waals surface area contributed by atoms with Gasteiger partial charge in [-0.05, 0) is 55.0 Å². The van der Waals surface area contributed by atoms with E-state index in [0.29, 0.717) is 13.0 Å². The van der Waals surface area contributed by atoms with Crippen molar-refractivity contribution in [2.45, 2.75) is 43.4 Å². The molecule has 4 N–H and O–H groups in total. The van der Waals surface area contributed by atoms with Crippen LogP contribution in [0.3, 0.4) is 0 Å². The molecule has 34 heavy (non-hydrogen) atoms. The number of pyridine rings is 2. The van der Waals surface area contributed by atoms with Crippen molar-refractivity contribution in [1.82, 2.24) is 14.7 Å². The van der Waals surface area contributed by atoms with Crippen molar-refractivity contribution in [3.8, 4) is 6.07 Å². The van der Waals surface area contributed by atoms with Gasteiger partial charge in [0, 0.05) is 18.5 Å². The smallest absolute Gasteiger partial charge is 0.276 e. The first-order valence-electron chi connectivity index (χ1n) is 10.8. The number of carbonyl (C=O) groups is 1. The second kappa shape index (κ2) is 8.69. The fourth-order valence-corrected chi connectivity index (χ4v) is 8.07. The van der Waals surface area contributed by atoms with Gasteiger partial charge in [0.05, 0.1) is 15.3 Å². The number of halogens is 2. The van der Waals surface area contributed by atoms with Gasteiger partial charge in [-0.2, -0.15) is 5.26 Å². The summed E-state index contributed by atoms with van der Waals surface area (Å²) >= 11 is 6.07. The SMILES string of the molecule is CC1(c2nc(NC(=O)c3ncc(C#N)cc3Cl)ccc2F)C[SH]2(=O)NCCCCC2(C)C(N)=N1. The molecule has 0 aromatic carbocycles. The Morgan fingerprint density at radius 2 is 2.15 bits per heavy atom. The second-order valence-electron chi connectivity index (χ2n) is 8.96. The lowest BCUT2D eigenvalue weighted by Gasteiger charge is -2.48. The van der Waals surface area contributed by atoms with Gasteiger partial charge >= 0.3 is 0 Å². The topological polar surface area (TPSA) is 146 Å². The van der Waals surface area contributed by atoms with Crippen LogP contribution in [0.2, 0.25) is 5.02 Å². The molecule has 1 fully saturated rings. The van der Waals surface area contributed by atoms with Crippen LogP contribution in [0.1, 0.15) is 54.9 Å². The number of hydrogen-bond donors (Lipinski definition) is 4. The molecule has 2 aromatic heterocycles. The highest BCUT2D eigenvalue weighted by atomic mass is 35.5. The average molecular weight is 506 g/mol. The molecule has 1 saturated heterocycles. The lowest BCUT2D eigenvalue weighted by atomic mass is 9.96. The van der Waals surface area contributed by atoms with Crippen LogP contribution in [0.4, 0.5) is 10.2 Å². The highest BCUT2D eigenvalue weighted by Gasteiger charge is 2.52. The zero-order valence-electron chi connectivity index (χ0n) is 18.7. The highest BCUT2D eigenvalue weighted by molar-refractivity contribution is 8.03. The molecule has 4 rings (SSSR count). The number of nitriles is 1. The van der Waals surface area contributed by atoms with E-state index in [1.807, 2.05) is 13.0 Å². The molecular formula is C22H25ClFN7O2S. The van der Waals surface area contributed by atoms with Crippen LogP contribution in [0.25, 0.3) is 0 Å². The number of thiol groups is 1. The molecule has 180 valence electrons. The monoisotopic (exact) mass is 505 g/mol. The minimum absolute atomic E-state index is 0.00711. The number of nitrogens with one attached hydrogen (secondary N) is 2. The maximum absolute atomic E-state index is 15.0. The summed E-state index contributed by atoms with van der Waals surface area (Å²) in [4.78, 5) is 25.5. The van der Waals surface area contributed by atoms with Gasteiger partial charge in [-0.3, -0.25) is 18.7 Å². The largest absolute Gasteiger partial charge is 0.386 e. The maximum atomic E-state index is 15.0. The first kappa shape index (κ1) is 24.2. The fraction of sp³-hybridized carbons (Fsp3) is 0.409. The van der Waals surface area contributed by atoms with Gasteiger partial charge < -0.3 is 11.1 Å². The van der Waals surface area contributed by atoms with E-state index in [-0.39, 0.29) is 39.4 Å². The summed E-state index contributed by atoms with van der Waals surface area (Å²) in [7, 11) is -3.09. The lowest BCUT2D eigenvalue weighted by molar-refractivity contribution is 0.102. The number of hydrogen-bond acceptors (Lipinski definition) is 7. The predicted octanol–water partition coefficient (Wildman–Crippen LogP) is 2.44. The van der Waals surface area contributed by atoms with Gasteiger partial charge in [0.15, 0.2) is 0 Å². The third-order valence-electron chi connectivity index (χ3n) is 6.49. The van der Waals surface area contributed by atoms with Gasteiger partial charge in [-0.1, -0.05) is 18.0 Å². The Morgan fingerprint density at radius 1 is 1.38 bits per heavy atom. The second-order valence-corrected chi connectivity index (χ2v) is 12.5. The zero-order chi connectivity index (χ0) is 24.7.